The van der Waals surface area contributed by atoms with Gasteiger partial charge in [-0.05, 0) is 37.9 Å². The van der Waals surface area contributed by atoms with Gasteiger partial charge in [0, 0.05) is 12.6 Å². The number of nitrogens with zero attached hydrogens (tertiary/aromatic N) is 1. The highest BCUT2D eigenvalue weighted by Crippen LogP contribution is 2.28. The number of aromatic nitrogens is 1. The van der Waals surface area contributed by atoms with Gasteiger partial charge in [-0.15, -0.1) is 0 Å². The van der Waals surface area contributed by atoms with Gasteiger partial charge in [0.2, 0.25) is 0 Å². The predicted octanol–water partition coefficient (Wildman–Crippen LogP) is 2.37. The molecule has 0 spiro atoms. The summed E-state index contributed by atoms with van der Waals surface area (Å²) < 4.78 is 7.05. The summed E-state index contributed by atoms with van der Waals surface area (Å²) in [6, 6.07) is 7.97. The molecule has 1 heterocycles. The molecule has 19 heavy (non-hydrogen) atoms. The van der Waals surface area contributed by atoms with E-state index >= 15 is 0 Å². The Morgan fingerprint density at radius 2 is 2.11 bits per heavy atom. The minimum absolute atomic E-state index is 0.251. The van der Waals surface area contributed by atoms with Crippen molar-refractivity contribution in [1.29, 1.82) is 0 Å². The Kier molecular flexibility index (Phi) is 3.42. The number of hydrogen-bond acceptors (Lipinski definition) is 3. The Labute approximate surface area is 112 Å². The van der Waals surface area contributed by atoms with E-state index in [0.29, 0.717) is 24.1 Å². The third-order valence-corrected chi connectivity index (χ3v) is 4.29. The Morgan fingerprint density at radius 1 is 1.37 bits per heavy atom. The first-order chi connectivity index (χ1) is 9.29. The minimum atomic E-state index is -0.251. The van der Waals surface area contributed by atoms with Gasteiger partial charge in [-0.3, -0.25) is 4.57 Å². The molecule has 4 nitrogen and oxygen atoms in total. The van der Waals surface area contributed by atoms with Crippen LogP contribution in [0, 0.1) is 5.92 Å². The zero-order valence-corrected chi connectivity index (χ0v) is 11.3. The van der Waals surface area contributed by atoms with E-state index < -0.39 is 0 Å². The van der Waals surface area contributed by atoms with E-state index in [2.05, 4.69) is 5.32 Å². The maximum Gasteiger partial charge on any atom is 0.420 e. The Hall–Kier alpha value is -1.55. The summed E-state index contributed by atoms with van der Waals surface area (Å²) in [5, 5.41) is 3.37. The molecule has 0 radical (unpaired) electrons. The summed E-state index contributed by atoms with van der Waals surface area (Å²) >= 11 is 0. The molecule has 0 bridgehead atoms. The van der Waals surface area contributed by atoms with E-state index in [1.807, 2.05) is 31.3 Å². The van der Waals surface area contributed by atoms with E-state index in [1.165, 1.54) is 25.7 Å². The fourth-order valence-electron chi connectivity index (χ4n) is 3.22. The van der Waals surface area contributed by atoms with Crippen LogP contribution in [0.15, 0.2) is 33.5 Å². The maximum atomic E-state index is 12.0. The van der Waals surface area contributed by atoms with Crippen LogP contribution in [0.2, 0.25) is 0 Å². The molecule has 1 aromatic heterocycles. The zero-order valence-electron chi connectivity index (χ0n) is 11.3. The minimum Gasteiger partial charge on any atom is -0.408 e. The number of para-hydroxylation sites is 2. The lowest BCUT2D eigenvalue weighted by Crippen LogP contribution is -2.38. The van der Waals surface area contributed by atoms with Gasteiger partial charge >= 0.3 is 5.76 Å². The van der Waals surface area contributed by atoms with Gasteiger partial charge in [0.1, 0.15) is 0 Å². The van der Waals surface area contributed by atoms with Gasteiger partial charge in [-0.25, -0.2) is 4.79 Å². The second-order valence-electron chi connectivity index (χ2n) is 5.39. The van der Waals surface area contributed by atoms with E-state index in [0.717, 1.165) is 5.52 Å². The standard InChI is InChI=1S/C15H20N2O2/c1-16-12(11-6-2-3-7-11)10-17-13-8-4-5-9-14(13)19-15(17)18/h4-5,8-9,11-12,16H,2-3,6-7,10H2,1H3. The predicted molar refractivity (Wildman–Crippen MR) is 75.3 cm³/mol. The zero-order chi connectivity index (χ0) is 13.2. The van der Waals surface area contributed by atoms with Crippen LogP contribution in [0.4, 0.5) is 0 Å². The summed E-state index contributed by atoms with van der Waals surface area (Å²) in [6.45, 7) is 0.691. The Bertz CT molecular complexity index is 608. The highest BCUT2D eigenvalue weighted by Gasteiger charge is 2.25. The average Bonchev–Trinajstić information content (AvgIpc) is 3.04. The molecule has 3 rings (SSSR count). The first kappa shape index (κ1) is 12.5. The number of likely N-dealkylation sites (N-methyl/N-ethyl adjacent to an activating group) is 1. The lowest BCUT2D eigenvalue weighted by molar-refractivity contribution is 0.332. The first-order valence-electron chi connectivity index (χ1n) is 7.05. The largest absolute Gasteiger partial charge is 0.420 e. The molecule has 1 aromatic carbocycles. The van der Waals surface area contributed by atoms with Crippen LogP contribution in [0.5, 0.6) is 0 Å². The molecule has 0 aliphatic heterocycles. The van der Waals surface area contributed by atoms with Crippen LogP contribution in [-0.4, -0.2) is 17.7 Å². The van der Waals surface area contributed by atoms with E-state index in [4.69, 9.17) is 4.42 Å². The molecule has 1 aliphatic carbocycles. The summed E-state index contributed by atoms with van der Waals surface area (Å²) in [7, 11) is 1.98. The lowest BCUT2D eigenvalue weighted by Gasteiger charge is -2.22. The van der Waals surface area contributed by atoms with Crippen LogP contribution in [-0.2, 0) is 6.54 Å². The smallest absolute Gasteiger partial charge is 0.408 e. The molecule has 1 atom stereocenters. The summed E-state index contributed by atoms with van der Waals surface area (Å²) in [5.74, 6) is 0.421. The molecule has 4 heteroatoms. The van der Waals surface area contributed by atoms with E-state index in [9.17, 15) is 4.79 Å². The first-order valence-corrected chi connectivity index (χ1v) is 7.05. The number of benzene rings is 1. The molecule has 0 amide bonds. The molecule has 102 valence electrons. The Morgan fingerprint density at radius 3 is 2.84 bits per heavy atom. The molecule has 2 aromatic rings. The van der Waals surface area contributed by atoms with Crippen molar-refractivity contribution in [3.8, 4) is 0 Å². The number of nitrogens with one attached hydrogen (secondary N) is 1. The average molecular weight is 260 g/mol. The van der Waals surface area contributed by atoms with Gasteiger partial charge in [-0.1, -0.05) is 25.0 Å². The van der Waals surface area contributed by atoms with Gasteiger partial charge in [0.15, 0.2) is 5.58 Å². The highest BCUT2D eigenvalue weighted by molar-refractivity contribution is 5.72. The van der Waals surface area contributed by atoms with Gasteiger partial charge < -0.3 is 9.73 Å². The monoisotopic (exact) mass is 260 g/mol. The number of rotatable bonds is 4. The van der Waals surface area contributed by atoms with Crippen molar-refractivity contribution >= 4 is 11.1 Å². The van der Waals surface area contributed by atoms with Crippen molar-refractivity contribution in [3.63, 3.8) is 0 Å². The van der Waals surface area contributed by atoms with E-state index in [1.54, 1.807) is 4.57 Å². The number of fused-ring (bicyclic) bond motifs is 1. The van der Waals surface area contributed by atoms with Crippen molar-refractivity contribution in [3.05, 3.63) is 34.8 Å². The number of hydrogen-bond donors (Lipinski definition) is 1. The van der Waals surface area contributed by atoms with Crippen molar-refractivity contribution in [2.75, 3.05) is 7.05 Å². The van der Waals surface area contributed by atoms with Crippen molar-refractivity contribution < 1.29 is 4.42 Å². The fourth-order valence-corrected chi connectivity index (χ4v) is 3.22. The van der Waals surface area contributed by atoms with Crippen molar-refractivity contribution in [2.45, 2.75) is 38.3 Å². The Balaban J connectivity index is 1.91. The summed E-state index contributed by atoms with van der Waals surface area (Å²) in [6.07, 6.45) is 5.14. The molecule has 1 aliphatic rings. The molecular formula is C15H20N2O2. The molecule has 1 saturated carbocycles. The molecule has 1 fully saturated rings. The van der Waals surface area contributed by atoms with Gasteiger partial charge in [0.05, 0.1) is 5.52 Å². The van der Waals surface area contributed by atoms with Gasteiger partial charge in [0.25, 0.3) is 0 Å². The number of oxazole rings is 1. The topological polar surface area (TPSA) is 47.2 Å². The van der Waals surface area contributed by atoms with Crippen LogP contribution in [0.25, 0.3) is 11.1 Å². The van der Waals surface area contributed by atoms with Gasteiger partial charge in [-0.2, -0.15) is 0 Å². The maximum absolute atomic E-state index is 12.0. The van der Waals surface area contributed by atoms with Crippen LogP contribution >= 0.6 is 0 Å². The SMILES string of the molecule is CNC(Cn1c(=O)oc2ccccc21)C1CCCC1. The van der Waals surface area contributed by atoms with Crippen molar-refractivity contribution in [1.82, 2.24) is 9.88 Å². The van der Waals surface area contributed by atoms with Crippen LogP contribution < -0.4 is 11.1 Å². The van der Waals surface area contributed by atoms with Crippen LogP contribution in [0.1, 0.15) is 25.7 Å². The van der Waals surface area contributed by atoms with Crippen LogP contribution in [0.3, 0.4) is 0 Å². The lowest BCUT2D eigenvalue weighted by atomic mass is 9.98. The third kappa shape index (κ3) is 2.32. The van der Waals surface area contributed by atoms with Crippen molar-refractivity contribution in [2.24, 2.45) is 5.92 Å². The quantitative estimate of drug-likeness (QED) is 0.918. The second-order valence-corrected chi connectivity index (χ2v) is 5.39. The summed E-state index contributed by atoms with van der Waals surface area (Å²) in [5.41, 5.74) is 1.57. The second kappa shape index (κ2) is 5.21. The summed E-state index contributed by atoms with van der Waals surface area (Å²) in [4.78, 5) is 12.0. The molecule has 1 unspecified atom stereocenters. The molecular weight excluding hydrogens is 240 g/mol. The third-order valence-electron chi connectivity index (χ3n) is 4.29. The van der Waals surface area contributed by atoms with E-state index in [-0.39, 0.29) is 5.76 Å². The molecule has 0 saturated heterocycles. The fraction of sp³-hybridized carbons (Fsp3) is 0.533. The highest BCUT2D eigenvalue weighted by atomic mass is 16.4. The normalized spacial score (nSPS) is 18.2. The molecule has 1 N–H and O–H groups in total.